The van der Waals surface area contributed by atoms with Crippen LogP contribution >= 0.6 is 23.2 Å². The van der Waals surface area contributed by atoms with Crippen molar-refractivity contribution in [2.24, 2.45) is 0 Å². The van der Waals surface area contributed by atoms with E-state index in [9.17, 15) is 18.0 Å². The minimum absolute atomic E-state index is 0.0823. The molecule has 0 aliphatic carbocycles. The summed E-state index contributed by atoms with van der Waals surface area (Å²) < 4.78 is 26.0. The van der Waals surface area contributed by atoms with E-state index in [0.717, 1.165) is 24.7 Å². The number of halogens is 2. The summed E-state index contributed by atoms with van der Waals surface area (Å²) in [5.74, 6) is -0.443. The Morgan fingerprint density at radius 2 is 1.69 bits per heavy atom. The van der Waals surface area contributed by atoms with E-state index >= 15 is 0 Å². The van der Waals surface area contributed by atoms with E-state index in [1.54, 1.807) is 47.4 Å². The number of carbonyl (C=O) groups excluding carboxylic acids is 2. The maximum absolute atomic E-state index is 13.4. The summed E-state index contributed by atoms with van der Waals surface area (Å²) in [6.07, 6.45) is 3.76. The number of nitrogens with one attached hydrogen (secondary N) is 1. The number of sulfonamides is 1. The van der Waals surface area contributed by atoms with Gasteiger partial charge in [0.25, 0.3) is 0 Å². The Hall–Kier alpha value is -2.29. The molecular formula is C26H35Cl2N3O4S. The van der Waals surface area contributed by atoms with Crippen LogP contribution in [0.5, 0.6) is 0 Å². The Morgan fingerprint density at radius 3 is 2.28 bits per heavy atom. The van der Waals surface area contributed by atoms with Crippen LogP contribution < -0.4 is 9.62 Å². The van der Waals surface area contributed by atoms with Gasteiger partial charge in [-0.25, -0.2) is 8.42 Å². The molecule has 2 rings (SSSR count). The third-order valence-electron chi connectivity index (χ3n) is 5.75. The van der Waals surface area contributed by atoms with Gasteiger partial charge < -0.3 is 10.2 Å². The van der Waals surface area contributed by atoms with Crippen LogP contribution in [0.2, 0.25) is 10.0 Å². The van der Waals surface area contributed by atoms with Crippen LogP contribution in [0, 0.1) is 0 Å². The van der Waals surface area contributed by atoms with Crippen LogP contribution in [0.3, 0.4) is 0 Å². The summed E-state index contributed by atoms with van der Waals surface area (Å²) in [5.41, 5.74) is 1.29. The van der Waals surface area contributed by atoms with Crippen LogP contribution in [0.4, 0.5) is 5.69 Å². The molecule has 0 saturated carbocycles. The summed E-state index contributed by atoms with van der Waals surface area (Å²) >= 11 is 12.2. The number of unbranched alkanes of at least 4 members (excludes halogenated alkanes) is 1. The number of hydrogen-bond acceptors (Lipinski definition) is 4. The molecule has 0 saturated heterocycles. The van der Waals surface area contributed by atoms with Crippen molar-refractivity contribution >= 4 is 50.7 Å². The van der Waals surface area contributed by atoms with E-state index in [1.807, 2.05) is 19.9 Å². The molecule has 10 heteroatoms. The van der Waals surface area contributed by atoms with E-state index in [2.05, 4.69) is 5.32 Å². The molecule has 0 unspecified atom stereocenters. The number of rotatable bonds is 14. The quantitative estimate of drug-likeness (QED) is 0.322. The minimum atomic E-state index is -3.52. The third-order valence-corrected chi connectivity index (χ3v) is 7.68. The molecule has 0 aliphatic rings. The first kappa shape index (κ1) is 29.9. The fraction of sp³-hybridized carbons (Fsp3) is 0.462. The van der Waals surface area contributed by atoms with Crippen LogP contribution in [0.1, 0.15) is 51.5 Å². The molecule has 0 spiro atoms. The summed E-state index contributed by atoms with van der Waals surface area (Å²) in [6, 6.07) is 13.2. The van der Waals surface area contributed by atoms with Crippen molar-refractivity contribution in [2.45, 2.75) is 58.5 Å². The van der Waals surface area contributed by atoms with Gasteiger partial charge in [0.05, 0.1) is 22.0 Å². The zero-order valence-electron chi connectivity index (χ0n) is 21.0. The molecule has 1 atom stereocenters. The molecule has 2 amide bonds. The van der Waals surface area contributed by atoms with Crippen molar-refractivity contribution in [3.63, 3.8) is 0 Å². The van der Waals surface area contributed by atoms with Crippen LogP contribution in [-0.2, 0) is 26.2 Å². The average molecular weight is 557 g/mol. The maximum Gasteiger partial charge on any atom is 0.242 e. The highest BCUT2D eigenvalue weighted by molar-refractivity contribution is 7.92. The second-order valence-corrected chi connectivity index (χ2v) is 11.3. The van der Waals surface area contributed by atoms with Crippen LogP contribution in [0.15, 0.2) is 48.5 Å². The number of benzene rings is 2. The third kappa shape index (κ3) is 8.98. The molecule has 198 valence electrons. The van der Waals surface area contributed by atoms with Crippen molar-refractivity contribution in [1.29, 1.82) is 0 Å². The maximum atomic E-state index is 13.4. The first-order chi connectivity index (χ1) is 17.1. The Balaban J connectivity index is 2.20. The lowest BCUT2D eigenvalue weighted by Crippen LogP contribution is -2.49. The Labute approximate surface area is 224 Å². The highest BCUT2D eigenvalue weighted by Gasteiger charge is 2.29. The molecule has 0 aromatic heterocycles. The molecule has 2 aromatic rings. The molecule has 0 bridgehead atoms. The predicted octanol–water partition coefficient (Wildman–Crippen LogP) is 5.26. The van der Waals surface area contributed by atoms with Crippen molar-refractivity contribution in [3.8, 4) is 0 Å². The number of anilines is 1. The summed E-state index contributed by atoms with van der Waals surface area (Å²) in [4.78, 5) is 27.9. The van der Waals surface area contributed by atoms with Crippen LogP contribution in [0.25, 0.3) is 0 Å². The molecule has 0 fully saturated rings. The highest BCUT2D eigenvalue weighted by atomic mass is 35.5. The summed E-state index contributed by atoms with van der Waals surface area (Å²) in [6.45, 7) is 4.78. The first-order valence-electron chi connectivity index (χ1n) is 12.1. The van der Waals surface area contributed by atoms with Gasteiger partial charge in [0.2, 0.25) is 21.8 Å². The lowest BCUT2D eigenvalue weighted by molar-refractivity contribution is -0.141. The number of amides is 2. The van der Waals surface area contributed by atoms with Gasteiger partial charge >= 0.3 is 0 Å². The monoisotopic (exact) mass is 555 g/mol. The topological polar surface area (TPSA) is 86.8 Å². The zero-order valence-corrected chi connectivity index (χ0v) is 23.4. The fourth-order valence-electron chi connectivity index (χ4n) is 3.86. The molecule has 36 heavy (non-hydrogen) atoms. The van der Waals surface area contributed by atoms with Gasteiger partial charge in [0.1, 0.15) is 6.04 Å². The Bertz CT molecular complexity index is 1110. The number of nitrogens with zero attached hydrogens (tertiary/aromatic N) is 2. The van der Waals surface area contributed by atoms with Gasteiger partial charge in [-0.1, -0.05) is 67.7 Å². The normalized spacial score (nSPS) is 12.1. The molecular weight excluding hydrogens is 521 g/mol. The second-order valence-electron chi connectivity index (χ2n) is 8.61. The van der Waals surface area contributed by atoms with Crippen molar-refractivity contribution in [3.05, 3.63) is 64.1 Å². The molecule has 0 radical (unpaired) electrons. The Kier molecular flexibility index (Phi) is 12.0. The number of para-hydroxylation sites is 1. The average Bonchev–Trinajstić information content (AvgIpc) is 2.83. The van der Waals surface area contributed by atoms with Gasteiger partial charge in [0, 0.05) is 26.1 Å². The SMILES string of the molecule is CCCCNC(=O)[C@@H](CC)N(Cc1ccc(Cl)c(Cl)c1)C(=O)CCCN(c1ccccc1)S(C)(=O)=O. The second kappa shape index (κ2) is 14.4. The van der Waals surface area contributed by atoms with Gasteiger partial charge in [-0.3, -0.25) is 13.9 Å². The van der Waals surface area contributed by atoms with E-state index < -0.39 is 16.1 Å². The predicted molar refractivity (Wildman–Crippen MR) is 147 cm³/mol. The lowest BCUT2D eigenvalue weighted by Gasteiger charge is -2.31. The number of hydrogen-bond donors (Lipinski definition) is 1. The lowest BCUT2D eigenvalue weighted by atomic mass is 10.1. The van der Waals surface area contributed by atoms with Crippen molar-refractivity contribution < 1.29 is 18.0 Å². The molecule has 0 aliphatic heterocycles. The van der Waals surface area contributed by atoms with Crippen LogP contribution in [-0.4, -0.2) is 50.5 Å². The van der Waals surface area contributed by atoms with Gasteiger partial charge in [-0.15, -0.1) is 0 Å². The van der Waals surface area contributed by atoms with Crippen molar-refractivity contribution in [1.82, 2.24) is 10.2 Å². The van der Waals surface area contributed by atoms with Gasteiger partial charge in [-0.2, -0.15) is 0 Å². The fourth-order valence-corrected chi connectivity index (χ4v) is 5.14. The molecule has 2 aromatic carbocycles. The van der Waals surface area contributed by atoms with Crippen molar-refractivity contribution in [2.75, 3.05) is 23.7 Å². The standard InChI is InChI=1S/C26H35Cl2N3O4S/c1-4-6-16-29-26(33)24(5-2)30(19-20-14-15-22(27)23(28)18-20)25(32)13-10-17-31(36(3,34)35)21-11-8-7-9-12-21/h7-9,11-12,14-15,18,24H,4-6,10,13,16-17,19H2,1-3H3,(H,29,33)/t24-/m1/s1. The molecule has 0 heterocycles. The van der Waals surface area contributed by atoms with E-state index in [4.69, 9.17) is 23.2 Å². The summed E-state index contributed by atoms with van der Waals surface area (Å²) in [7, 11) is -3.52. The molecule has 1 N–H and O–H groups in total. The van der Waals surface area contributed by atoms with E-state index in [0.29, 0.717) is 35.1 Å². The van der Waals surface area contributed by atoms with Gasteiger partial charge in [-0.05, 0) is 49.1 Å². The van der Waals surface area contributed by atoms with E-state index in [1.165, 1.54) is 4.31 Å². The minimum Gasteiger partial charge on any atom is -0.354 e. The highest BCUT2D eigenvalue weighted by Crippen LogP contribution is 2.25. The number of carbonyl (C=O) groups is 2. The van der Waals surface area contributed by atoms with Gasteiger partial charge in [0.15, 0.2) is 0 Å². The Morgan fingerprint density at radius 1 is 1.00 bits per heavy atom. The first-order valence-corrected chi connectivity index (χ1v) is 14.7. The van der Waals surface area contributed by atoms with E-state index in [-0.39, 0.29) is 31.3 Å². The largest absolute Gasteiger partial charge is 0.354 e. The smallest absolute Gasteiger partial charge is 0.242 e. The molecule has 7 nitrogen and oxygen atoms in total. The summed E-state index contributed by atoms with van der Waals surface area (Å²) in [5, 5.41) is 3.70. The zero-order chi connectivity index (χ0) is 26.7.